The Morgan fingerprint density at radius 3 is 2.58 bits per heavy atom. The third-order valence-electron chi connectivity index (χ3n) is 6.06. The Hall–Kier alpha value is -1.70. The van der Waals surface area contributed by atoms with Crippen LogP contribution in [-0.4, -0.2) is 48.4 Å². The average molecular weight is 474 g/mol. The summed E-state index contributed by atoms with van der Waals surface area (Å²) in [4.78, 5) is 19.9. The van der Waals surface area contributed by atoms with Gasteiger partial charge < -0.3 is 10.2 Å². The Morgan fingerprint density at radius 2 is 1.94 bits per heavy atom. The molecule has 164 valence electrons. The van der Waals surface area contributed by atoms with Crippen molar-refractivity contribution in [1.29, 1.82) is 0 Å². The van der Waals surface area contributed by atoms with Gasteiger partial charge in [0.2, 0.25) is 0 Å². The molecule has 7 heteroatoms. The van der Waals surface area contributed by atoms with E-state index in [9.17, 15) is 4.79 Å². The van der Waals surface area contributed by atoms with Crippen molar-refractivity contribution in [2.24, 2.45) is 0 Å². The second-order valence-corrected chi connectivity index (χ2v) is 10.5. The molecular weight excluding hydrogens is 446 g/mol. The fourth-order valence-electron chi connectivity index (χ4n) is 4.21. The number of piperazine rings is 1. The first-order chi connectivity index (χ1) is 15.0. The van der Waals surface area contributed by atoms with Gasteiger partial charge in [-0.3, -0.25) is 9.69 Å². The molecule has 1 saturated heterocycles. The molecule has 0 radical (unpaired) electrons. The van der Waals surface area contributed by atoms with Gasteiger partial charge in [-0.15, -0.1) is 22.7 Å². The van der Waals surface area contributed by atoms with Gasteiger partial charge in [0.25, 0.3) is 5.91 Å². The highest BCUT2D eigenvalue weighted by Crippen LogP contribution is 2.43. The molecule has 0 aliphatic carbocycles. The van der Waals surface area contributed by atoms with E-state index in [2.05, 4.69) is 48.0 Å². The van der Waals surface area contributed by atoms with E-state index in [-0.39, 0.29) is 11.9 Å². The number of halogens is 1. The summed E-state index contributed by atoms with van der Waals surface area (Å²) in [5.41, 5.74) is 3.61. The van der Waals surface area contributed by atoms with Crippen LogP contribution in [0.3, 0.4) is 0 Å². The Labute approximate surface area is 197 Å². The van der Waals surface area contributed by atoms with Crippen molar-refractivity contribution in [2.75, 3.05) is 38.0 Å². The van der Waals surface area contributed by atoms with Gasteiger partial charge in [-0.2, -0.15) is 0 Å². The summed E-state index contributed by atoms with van der Waals surface area (Å²) in [6.45, 7) is 11.7. The van der Waals surface area contributed by atoms with Gasteiger partial charge in [0.05, 0.1) is 10.9 Å². The second kappa shape index (κ2) is 9.84. The molecule has 1 aliphatic rings. The molecular formula is C24H28ClN3OS2. The van der Waals surface area contributed by atoms with Gasteiger partial charge in [-0.25, -0.2) is 0 Å². The van der Waals surface area contributed by atoms with Crippen molar-refractivity contribution in [3.63, 3.8) is 0 Å². The van der Waals surface area contributed by atoms with Crippen LogP contribution in [0.4, 0.5) is 5.00 Å². The highest BCUT2D eigenvalue weighted by Gasteiger charge is 2.31. The SMILES string of the molecule is CCN1CCN([C@@H](c2cccc(Cl)c2)c2c(NC(=O)c3cccs3)sc(C)c2C)CC1. The Morgan fingerprint density at radius 1 is 1.16 bits per heavy atom. The molecule has 1 fully saturated rings. The predicted octanol–water partition coefficient (Wildman–Crippen LogP) is 6.06. The minimum atomic E-state index is -0.0434. The average Bonchev–Trinajstić information content (AvgIpc) is 3.39. The number of nitrogens with one attached hydrogen (secondary N) is 1. The monoisotopic (exact) mass is 473 g/mol. The molecule has 1 aliphatic heterocycles. The van der Waals surface area contributed by atoms with Gasteiger partial charge in [0, 0.05) is 41.6 Å². The second-order valence-electron chi connectivity index (χ2n) is 7.89. The molecule has 3 heterocycles. The number of aryl methyl sites for hydroxylation is 1. The maximum absolute atomic E-state index is 12.9. The van der Waals surface area contributed by atoms with Crippen LogP contribution in [0, 0.1) is 13.8 Å². The quantitative estimate of drug-likeness (QED) is 0.472. The van der Waals surface area contributed by atoms with Crippen LogP contribution >= 0.6 is 34.3 Å². The van der Waals surface area contributed by atoms with Crippen LogP contribution < -0.4 is 5.32 Å². The molecule has 4 rings (SSSR count). The number of nitrogens with zero attached hydrogens (tertiary/aromatic N) is 2. The van der Waals surface area contributed by atoms with Crippen LogP contribution in [0.15, 0.2) is 41.8 Å². The van der Waals surface area contributed by atoms with Crippen molar-refractivity contribution < 1.29 is 4.79 Å². The van der Waals surface area contributed by atoms with Crippen molar-refractivity contribution in [1.82, 2.24) is 9.80 Å². The fourth-order valence-corrected chi connectivity index (χ4v) is 6.12. The smallest absolute Gasteiger partial charge is 0.266 e. The van der Waals surface area contributed by atoms with E-state index in [1.165, 1.54) is 32.9 Å². The number of amides is 1. The first kappa shape index (κ1) is 22.5. The third-order valence-corrected chi connectivity index (χ3v) is 8.30. The summed E-state index contributed by atoms with van der Waals surface area (Å²) in [7, 11) is 0. The summed E-state index contributed by atoms with van der Waals surface area (Å²) in [6.07, 6.45) is 0. The van der Waals surface area contributed by atoms with Crippen LogP contribution in [0.1, 0.15) is 44.2 Å². The third kappa shape index (κ3) is 4.89. The summed E-state index contributed by atoms with van der Waals surface area (Å²) < 4.78 is 0. The molecule has 3 aromatic rings. The number of benzene rings is 1. The van der Waals surface area contributed by atoms with Crippen molar-refractivity contribution in [3.8, 4) is 0 Å². The number of rotatable bonds is 6. The minimum absolute atomic E-state index is 0.0434. The maximum Gasteiger partial charge on any atom is 0.266 e. The van der Waals surface area contributed by atoms with E-state index in [1.54, 1.807) is 11.3 Å². The van der Waals surface area contributed by atoms with E-state index >= 15 is 0 Å². The zero-order valence-electron chi connectivity index (χ0n) is 18.2. The fraction of sp³-hybridized carbons (Fsp3) is 0.375. The Kier molecular flexibility index (Phi) is 7.14. The molecule has 0 spiro atoms. The van der Waals surface area contributed by atoms with Crippen molar-refractivity contribution in [2.45, 2.75) is 26.8 Å². The standard InChI is InChI=1S/C24H28ClN3OS2/c1-4-27-10-12-28(13-11-27)22(18-7-5-8-19(25)15-18)21-16(2)17(3)31-24(21)26-23(29)20-9-6-14-30-20/h5-9,14-15,22H,4,10-13H2,1-3H3,(H,26,29)/t22-/m0/s1. The summed E-state index contributed by atoms with van der Waals surface area (Å²) in [5, 5.41) is 6.83. The lowest BCUT2D eigenvalue weighted by atomic mass is 9.94. The van der Waals surface area contributed by atoms with Crippen LogP contribution in [-0.2, 0) is 0 Å². The number of likely N-dealkylation sites (N-methyl/N-ethyl adjacent to an activating group) is 1. The number of carbonyl (C=O) groups excluding carboxylic acids is 1. The van der Waals surface area contributed by atoms with E-state index < -0.39 is 0 Å². The van der Waals surface area contributed by atoms with Gasteiger partial charge >= 0.3 is 0 Å². The molecule has 0 bridgehead atoms. The van der Waals surface area contributed by atoms with E-state index in [1.807, 2.05) is 29.6 Å². The van der Waals surface area contributed by atoms with Crippen molar-refractivity contribution >= 4 is 45.2 Å². The lowest BCUT2D eigenvalue weighted by Gasteiger charge is -2.39. The van der Waals surface area contributed by atoms with Gasteiger partial charge in [-0.05, 0) is 55.1 Å². The molecule has 1 N–H and O–H groups in total. The van der Waals surface area contributed by atoms with Gasteiger partial charge in [0.1, 0.15) is 5.00 Å². The van der Waals surface area contributed by atoms with Crippen molar-refractivity contribution in [3.05, 3.63) is 73.2 Å². The van der Waals surface area contributed by atoms with Crippen LogP contribution in [0.5, 0.6) is 0 Å². The normalized spacial score (nSPS) is 16.4. The number of carbonyl (C=O) groups is 1. The molecule has 1 atom stereocenters. The molecule has 0 unspecified atom stereocenters. The predicted molar refractivity (Wildman–Crippen MR) is 133 cm³/mol. The van der Waals surface area contributed by atoms with E-state index in [0.717, 1.165) is 47.6 Å². The lowest BCUT2D eigenvalue weighted by Crippen LogP contribution is -2.47. The first-order valence-electron chi connectivity index (χ1n) is 10.6. The Balaban J connectivity index is 1.75. The number of thiophene rings is 2. The van der Waals surface area contributed by atoms with Crippen LogP contribution in [0.25, 0.3) is 0 Å². The molecule has 2 aromatic heterocycles. The van der Waals surface area contributed by atoms with Gasteiger partial charge in [-0.1, -0.05) is 36.7 Å². The number of hydrogen-bond donors (Lipinski definition) is 1. The number of hydrogen-bond acceptors (Lipinski definition) is 5. The molecule has 31 heavy (non-hydrogen) atoms. The largest absolute Gasteiger partial charge is 0.313 e. The zero-order chi connectivity index (χ0) is 22.0. The molecule has 1 aromatic carbocycles. The Bertz CT molecular complexity index is 1040. The van der Waals surface area contributed by atoms with E-state index in [0.29, 0.717) is 0 Å². The molecule has 1 amide bonds. The van der Waals surface area contributed by atoms with Gasteiger partial charge in [0.15, 0.2) is 0 Å². The summed E-state index contributed by atoms with van der Waals surface area (Å²) >= 11 is 9.53. The summed E-state index contributed by atoms with van der Waals surface area (Å²) in [6, 6.07) is 12.0. The highest BCUT2D eigenvalue weighted by molar-refractivity contribution is 7.17. The number of anilines is 1. The molecule has 0 saturated carbocycles. The zero-order valence-corrected chi connectivity index (χ0v) is 20.5. The molecule has 4 nitrogen and oxygen atoms in total. The van der Waals surface area contributed by atoms with Crippen LogP contribution in [0.2, 0.25) is 5.02 Å². The summed E-state index contributed by atoms with van der Waals surface area (Å²) in [5.74, 6) is -0.0434. The maximum atomic E-state index is 12.9. The first-order valence-corrected chi connectivity index (χ1v) is 12.7. The highest BCUT2D eigenvalue weighted by atomic mass is 35.5. The topological polar surface area (TPSA) is 35.6 Å². The van der Waals surface area contributed by atoms with E-state index in [4.69, 9.17) is 11.6 Å². The lowest BCUT2D eigenvalue weighted by molar-refractivity contribution is 0.102. The minimum Gasteiger partial charge on any atom is -0.313 e.